The number of carbonyl (C=O) groups excluding carboxylic acids is 2. The van der Waals surface area contributed by atoms with Crippen LogP contribution in [0.4, 0.5) is 4.79 Å². The van der Waals surface area contributed by atoms with E-state index in [4.69, 9.17) is 14.0 Å². The Bertz CT molecular complexity index is 616. The van der Waals surface area contributed by atoms with Crippen LogP contribution in [0.25, 0.3) is 0 Å². The van der Waals surface area contributed by atoms with Crippen molar-refractivity contribution in [2.45, 2.75) is 51.6 Å². The first kappa shape index (κ1) is 23.1. The van der Waals surface area contributed by atoms with Gasteiger partial charge in [-0.25, -0.2) is 9.86 Å². The lowest BCUT2D eigenvalue weighted by Crippen LogP contribution is -2.52. The second kappa shape index (κ2) is 9.87. The Morgan fingerprint density at radius 2 is 1.78 bits per heavy atom. The van der Waals surface area contributed by atoms with Crippen LogP contribution in [0.1, 0.15) is 26.3 Å². The maximum Gasteiger partial charge on any atom is 0.408 e. The van der Waals surface area contributed by atoms with Crippen molar-refractivity contribution in [1.82, 2.24) is 10.4 Å². The second-order valence-corrected chi connectivity index (χ2v) is 12.7. The summed E-state index contributed by atoms with van der Waals surface area (Å²) in [6.45, 7) is 10.7. The number of ether oxygens (including phenoxy) is 1. The van der Waals surface area contributed by atoms with Crippen molar-refractivity contribution >= 4 is 20.3 Å². The number of likely N-dealkylation sites (N-methyl/N-ethyl adjacent to an activating group) is 1. The van der Waals surface area contributed by atoms with E-state index in [1.165, 1.54) is 14.2 Å². The molecule has 0 aliphatic heterocycles. The van der Waals surface area contributed by atoms with E-state index in [2.05, 4.69) is 39.2 Å². The summed E-state index contributed by atoms with van der Waals surface area (Å²) >= 11 is 0. The van der Waals surface area contributed by atoms with Crippen molar-refractivity contribution in [2.24, 2.45) is 0 Å². The zero-order valence-electron chi connectivity index (χ0n) is 17.4. The first-order chi connectivity index (χ1) is 12.5. The maximum atomic E-state index is 12.5. The lowest BCUT2D eigenvalue weighted by molar-refractivity contribution is -0.171. The van der Waals surface area contributed by atoms with E-state index in [1.807, 2.05) is 30.3 Å². The molecule has 27 heavy (non-hydrogen) atoms. The number of nitrogens with one attached hydrogen (secondary N) is 1. The summed E-state index contributed by atoms with van der Waals surface area (Å²) in [6.07, 6.45) is -0.680. The summed E-state index contributed by atoms with van der Waals surface area (Å²) in [7, 11) is 0.787. The Hall–Kier alpha value is -1.90. The lowest BCUT2D eigenvalue weighted by Gasteiger charge is -2.37. The molecule has 7 nitrogen and oxygen atoms in total. The summed E-state index contributed by atoms with van der Waals surface area (Å²) in [5.74, 6) is -0.409. The van der Waals surface area contributed by atoms with Crippen LogP contribution in [0.5, 0.6) is 0 Å². The van der Waals surface area contributed by atoms with Crippen molar-refractivity contribution in [3.8, 4) is 0 Å². The molecule has 1 atom stereocenters. The summed E-state index contributed by atoms with van der Waals surface area (Å²) in [5, 5.41) is 3.65. The van der Waals surface area contributed by atoms with E-state index in [0.29, 0.717) is 0 Å². The molecule has 0 bridgehead atoms. The van der Waals surface area contributed by atoms with E-state index < -0.39 is 26.4 Å². The van der Waals surface area contributed by atoms with Gasteiger partial charge < -0.3 is 14.5 Å². The number of carbonyl (C=O) groups is 2. The summed E-state index contributed by atoms with van der Waals surface area (Å²) in [5.41, 5.74) is 0.863. The Morgan fingerprint density at radius 3 is 2.30 bits per heavy atom. The summed E-state index contributed by atoms with van der Waals surface area (Å²) < 4.78 is 11.3. The fraction of sp³-hybridized carbons (Fsp3) is 0.579. The van der Waals surface area contributed by atoms with Gasteiger partial charge in [-0.05, 0) is 23.7 Å². The number of amides is 2. The van der Waals surface area contributed by atoms with Crippen LogP contribution in [-0.4, -0.2) is 52.2 Å². The molecule has 0 saturated heterocycles. The number of nitrogens with zero attached hydrogens (tertiary/aromatic N) is 1. The van der Waals surface area contributed by atoms with Gasteiger partial charge in [0.15, 0.2) is 8.32 Å². The molecule has 2 amide bonds. The highest BCUT2D eigenvalue weighted by molar-refractivity contribution is 6.74. The molecule has 0 saturated carbocycles. The van der Waals surface area contributed by atoms with Crippen LogP contribution < -0.4 is 5.32 Å². The molecule has 0 fully saturated rings. The number of benzene rings is 1. The number of hydrogen-bond acceptors (Lipinski definition) is 5. The number of alkyl carbamates (subject to hydrolysis) is 1. The molecular weight excluding hydrogens is 364 g/mol. The van der Waals surface area contributed by atoms with Crippen molar-refractivity contribution in [3.05, 3.63) is 35.9 Å². The second-order valence-electron chi connectivity index (χ2n) is 7.85. The summed E-state index contributed by atoms with van der Waals surface area (Å²) in [6, 6.07) is 8.43. The van der Waals surface area contributed by atoms with Crippen LogP contribution >= 0.6 is 0 Å². The first-order valence-corrected chi connectivity index (χ1v) is 11.8. The van der Waals surface area contributed by atoms with E-state index in [0.717, 1.165) is 10.6 Å². The fourth-order valence-electron chi connectivity index (χ4n) is 1.90. The van der Waals surface area contributed by atoms with Gasteiger partial charge in [-0.3, -0.25) is 9.63 Å². The molecule has 1 aromatic rings. The molecule has 1 N–H and O–H groups in total. The van der Waals surface area contributed by atoms with E-state index in [-0.39, 0.29) is 18.3 Å². The highest BCUT2D eigenvalue weighted by Crippen LogP contribution is 2.36. The van der Waals surface area contributed by atoms with Crippen LogP contribution in [0, 0.1) is 0 Å². The molecule has 1 aromatic carbocycles. The van der Waals surface area contributed by atoms with Crippen molar-refractivity contribution in [2.75, 3.05) is 20.8 Å². The highest BCUT2D eigenvalue weighted by atomic mass is 28.4. The minimum Gasteiger partial charge on any atom is -0.445 e. The molecule has 0 spiro atoms. The molecule has 0 aromatic heterocycles. The van der Waals surface area contributed by atoms with Gasteiger partial charge >= 0.3 is 6.09 Å². The quantitative estimate of drug-likeness (QED) is 0.539. The minimum atomic E-state index is -2.08. The fourth-order valence-corrected chi connectivity index (χ4v) is 2.92. The van der Waals surface area contributed by atoms with E-state index in [1.54, 1.807) is 0 Å². The van der Waals surface area contributed by atoms with Gasteiger partial charge in [0.05, 0.1) is 13.7 Å². The normalized spacial score (nSPS) is 13.0. The zero-order chi connectivity index (χ0) is 20.7. The van der Waals surface area contributed by atoms with Crippen molar-refractivity contribution < 1.29 is 23.6 Å². The third-order valence-electron chi connectivity index (χ3n) is 4.80. The number of hydrogen-bond donors (Lipinski definition) is 1. The number of hydroxylamine groups is 2. The van der Waals surface area contributed by atoms with Gasteiger partial charge in [-0.2, -0.15) is 0 Å². The Labute approximate surface area is 163 Å². The van der Waals surface area contributed by atoms with Crippen molar-refractivity contribution in [1.29, 1.82) is 0 Å². The lowest BCUT2D eigenvalue weighted by atomic mass is 10.2. The largest absolute Gasteiger partial charge is 0.445 e. The molecule has 8 heteroatoms. The van der Waals surface area contributed by atoms with E-state index in [9.17, 15) is 9.59 Å². The molecular formula is C19H32N2O5Si. The predicted octanol–water partition coefficient (Wildman–Crippen LogP) is 3.32. The van der Waals surface area contributed by atoms with Gasteiger partial charge in [-0.15, -0.1) is 0 Å². The zero-order valence-corrected chi connectivity index (χ0v) is 18.4. The summed E-state index contributed by atoms with van der Waals surface area (Å²) in [4.78, 5) is 29.6. The third kappa shape index (κ3) is 7.32. The molecule has 0 radical (unpaired) electrons. The van der Waals surface area contributed by atoms with Gasteiger partial charge in [0.25, 0.3) is 5.91 Å². The smallest absolute Gasteiger partial charge is 0.408 e. The van der Waals surface area contributed by atoms with Gasteiger partial charge in [0, 0.05) is 7.05 Å². The average Bonchev–Trinajstić information content (AvgIpc) is 2.62. The highest BCUT2D eigenvalue weighted by Gasteiger charge is 2.38. The first-order valence-electron chi connectivity index (χ1n) is 8.91. The van der Waals surface area contributed by atoms with Crippen LogP contribution in [-0.2, 0) is 25.4 Å². The topological polar surface area (TPSA) is 77.1 Å². The molecule has 152 valence electrons. The van der Waals surface area contributed by atoms with Gasteiger partial charge in [-0.1, -0.05) is 51.1 Å². The third-order valence-corrected chi connectivity index (χ3v) is 9.30. The Kier molecular flexibility index (Phi) is 8.45. The Morgan fingerprint density at radius 1 is 1.19 bits per heavy atom. The molecule has 0 aliphatic rings. The van der Waals surface area contributed by atoms with Gasteiger partial charge in [0.2, 0.25) is 0 Å². The van der Waals surface area contributed by atoms with Gasteiger partial charge in [0.1, 0.15) is 12.6 Å². The van der Waals surface area contributed by atoms with E-state index >= 15 is 0 Å². The molecule has 0 heterocycles. The standard InChI is InChI=1S/C19H32N2O5Si/c1-19(2,3)27(6,7)26-14-16(17(22)21(4)24-5)20-18(23)25-13-15-11-9-8-10-12-15/h8-12,16H,13-14H2,1-7H3,(H,20,23)/t16-/m1/s1. The van der Waals surface area contributed by atoms with Crippen molar-refractivity contribution in [3.63, 3.8) is 0 Å². The Balaban J connectivity index is 2.73. The SMILES string of the molecule is CON(C)C(=O)[C@@H](CO[Si](C)(C)C(C)(C)C)NC(=O)OCc1ccccc1. The molecule has 0 aliphatic carbocycles. The van der Waals surface area contributed by atoms with Crippen LogP contribution in [0.15, 0.2) is 30.3 Å². The number of rotatable bonds is 8. The predicted molar refractivity (Wildman–Crippen MR) is 106 cm³/mol. The van der Waals surface area contributed by atoms with Crippen LogP contribution in [0.3, 0.4) is 0 Å². The van der Waals surface area contributed by atoms with Crippen LogP contribution in [0.2, 0.25) is 18.1 Å². The molecule has 0 unspecified atom stereocenters. The maximum absolute atomic E-state index is 12.5. The monoisotopic (exact) mass is 396 g/mol. The average molecular weight is 397 g/mol. The minimum absolute atomic E-state index is 0.0123. The molecule has 1 rings (SSSR count).